The van der Waals surface area contributed by atoms with Crippen LogP contribution >= 0.6 is 12.2 Å². The van der Waals surface area contributed by atoms with Crippen LogP contribution in [0.4, 0.5) is 24.5 Å². The molecule has 30 heavy (non-hydrogen) atoms. The Labute approximate surface area is 175 Å². The van der Waals surface area contributed by atoms with Crippen molar-refractivity contribution in [3.8, 4) is 11.8 Å². The number of carbonyl (C=O) groups excluding carboxylic acids is 1. The normalized spacial score (nSPS) is 18.0. The van der Waals surface area contributed by atoms with Crippen molar-refractivity contribution in [3.63, 3.8) is 0 Å². The zero-order valence-corrected chi connectivity index (χ0v) is 16.5. The van der Waals surface area contributed by atoms with Gasteiger partial charge in [0.1, 0.15) is 23.1 Å². The second-order valence-corrected chi connectivity index (χ2v) is 7.73. The minimum atomic E-state index is -3.37. The number of rotatable bonds is 3. The van der Waals surface area contributed by atoms with Crippen molar-refractivity contribution in [1.82, 2.24) is 4.98 Å². The van der Waals surface area contributed by atoms with Gasteiger partial charge >= 0.3 is 0 Å². The van der Waals surface area contributed by atoms with E-state index in [9.17, 15) is 23.1 Å². The first-order chi connectivity index (χ1) is 14.1. The van der Waals surface area contributed by atoms with Crippen LogP contribution in [0.15, 0.2) is 30.5 Å². The third-order valence-electron chi connectivity index (χ3n) is 5.47. The second-order valence-electron chi connectivity index (χ2n) is 7.37. The smallest absolute Gasteiger partial charge is 0.273 e. The lowest BCUT2D eigenvalue weighted by molar-refractivity contribution is -0.123. The van der Waals surface area contributed by atoms with Crippen LogP contribution in [0.25, 0.3) is 0 Å². The number of amides is 1. The predicted octanol–water partition coefficient (Wildman–Crippen LogP) is 3.97. The number of hydrogen-bond donors (Lipinski definition) is 1. The van der Waals surface area contributed by atoms with Crippen LogP contribution in [0, 0.1) is 17.1 Å². The molecule has 2 heterocycles. The van der Waals surface area contributed by atoms with Gasteiger partial charge in [0.15, 0.2) is 10.9 Å². The van der Waals surface area contributed by atoms with E-state index < -0.39 is 34.4 Å². The molecule has 1 spiro atoms. The summed E-state index contributed by atoms with van der Waals surface area (Å²) >= 11 is 5.46. The molecule has 4 rings (SSSR count). The van der Waals surface area contributed by atoms with Crippen molar-refractivity contribution in [1.29, 1.82) is 5.26 Å². The van der Waals surface area contributed by atoms with Gasteiger partial charge in [-0.15, -0.1) is 0 Å². The van der Waals surface area contributed by atoms with E-state index in [0.717, 1.165) is 23.2 Å². The molecule has 0 unspecified atom stereocenters. The molecule has 6 nitrogen and oxygen atoms in total. The summed E-state index contributed by atoms with van der Waals surface area (Å²) in [7, 11) is 0. The van der Waals surface area contributed by atoms with Crippen molar-refractivity contribution in [2.75, 3.05) is 9.80 Å². The van der Waals surface area contributed by atoms with Crippen LogP contribution in [0.2, 0.25) is 0 Å². The summed E-state index contributed by atoms with van der Waals surface area (Å²) in [6.45, 7) is 0.629. The van der Waals surface area contributed by atoms with Gasteiger partial charge in [-0.1, -0.05) is 0 Å². The maximum absolute atomic E-state index is 14.6. The molecule has 154 valence electrons. The highest BCUT2D eigenvalue weighted by atomic mass is 32.1. The van der Waals surface area contributed by atoms with Crippen LogP contribution < -0.4 is 9.80 Å². The predicted molar refractivity (Wildman–Crippen MR) is 106 cm³/mol. The van der Waals surface area contributed by atoms with Gasteiger partial charge in [0.2, 0.25) is 0 Å². The SMILES string of the molecule is CC(F)(F)c1cc(N2C(=O)C3(CCC3)N(c3ccc(O)cc3F)C2=S)cnc1C#N. The average molecular weight is 432 g/mol. The quantitative estimate of drug-likeness (QED) is 0.740. The monoisotopic (exact) mass is 432 g/mol. The number of carbonyl (C=O) groups is 1. The van der Waals surface area contributed by atoms with Crippen molar-refractivity contribution in [3.05, 3.63) is 47.5 Å². The van der Waals surface area contributed by atoms with E-state index in [1.54, 1.807) is 6.07 Å². The molecule has 2 aromatic rings. The van der Waals surface area contributed by atoms with E-state index in [4.69, 9.17) is 17.5 Å². The maximum atomic E-state index is 14.6. The summed E-state index contributed by atoms with van der Waals surface area (Å²) in [5, 5.41) is 18.5. The summed E-state index contributed by atoms with van der Waals surface area (Å²) in [4.78, 5) is 19.6. The third kappa shape index (κ3) is 2.81. The number of alkyl halides is 2. The van der Waals surface area contributed by atoms with Gasteiger partial charge in [-0.25, -0.2) is 18.2 Å². The van der Waals surface area contributed by atoms with Crippen LogP contribution in [0.3, 0.4) is 0 Å². The number of anilines is 2. The zero-order valence-electron chi connectivity index (χ0n) is 15.7. The molecule has 0 atom stereocenters. The highest BCUT2D eigenvalue weighted by Gasteiger charge is 2.60. The molecule has 1 aromatic carbocycles. The molecule has 1 N–H and O–H groups in total. The zero-order chi connectivity index (χ0) is 21.8. The summed E-state index contributed by atoms with van der Waals surface area (Å²) in [6, 6.07) is 6.14. The number of hydrogen-bond acceptors (Lipinski definition) is 5. The number of thiocarbonyl (C=S) groups is 1. The molecule has 2 fully saturated rings. The summed E-state index contributed by atoms with van der Waals surface area (Å²) in [5.41, 5.74) is -2.22. The van der Waals surface area contributed by atoms with Gasteiger partial charge in [0, 0.05) is 13.0 Å². The maximum Gasteiger partial charge on any atom is 0.273 e. The Morgan fingerprint density at radius 1 is 1.33 bits per heavy atom. The average Bonchev–Trinajstić information content (AvgIpc) is 2.87. The summed E-state index contributed by atoms with van der Waals surface area (Å²) < 4.78 is 42.6. The minimum absolute atomic E-state index is 0.0102. The van der Waals surface area contributed by atoms with E-state index in [1.165, 1.54) is 17.0 Å². The third-order valence-corrected chi connectivity index (χ3v) is 5.84. The Balaban J connectivity index is 1.84. The van der Waals surface area contributed by atoms with Gasteiger partial charge in [-0.05, 0) is 49.7 Å². The molecule has 1 aliphatic heterocycles. The van der Waals surface area contributed by atoms with Gasteiger partial charge in [-0.3, -0.25) is 9.69 Å². The van der Waals surface area contributed by atoms with Crippen LogP contribution in [-0.2, 0) is 10.7 Å². The van der Waals surface area contributed by atoms with Gasteiger partial charge in [-0.2, -0.15) is 5.26 Å². The van der Waals surface area contributed by atoms with Crippen molar-refractivity contribution in [2.45, 2.75) is 37.6 Å². The van der Waals surface area contributed by atoms with Crippen LogP contribution in [-0.4, -0.2) is 26.6 Å². The number of pyridine rings is 1. The molecular weight excluding hydrogens is 417 g/mol. The fraction of sp³-hybridized carbons (Fsp3) is 0.300. The number of aromatic hydroxyl groups is 1. The molecule has 0 bridgehead atoms. The number of phenolic OH excluding ortho intramolecular Hbond substituents is 1. The Hall–Kier alpha value is -3.19. The lowest BCUT2D eigenvalue weighted by Gasteiger charge is -2.43. The number of halogens is 3. The van der Waals surface area contributed by atoms with E-state index in [-0.39, 0.29) is 22.2 Å². The first-order valence-electron chi connectivity index (χ1n) is 9.06. The fourth-order valence-electron chi connectivity index (χ4n) is 3.86. The number of aromatic nitrogens is 1. The molecule has 1 saturated heterocycles. The lowest BCUT2D eigenvalue weighted by Crippen LogP contribution is -2.55. The van der Waals surface area contributed by atoms with Crippen LogP contribution in [0.1, 0.15) is 37.4 Å². The van der Waals surface area contributed by atoms with Gasteiger partial charge in [0.05, 0.1) is 23.1 Å². The largest absolute Gasteiger partial charge is 0.508 e. The molecule has 1 amide bonds. The van der Waals surface area contributed by atoms with Gasteiger partial charge in [0.25, 0.3) is 11.8 Å². The Kier molecular flexibility index (Phi) is 4.47. The van der Waals surface area contributed by atoms with Crippen molar-refractivity contribution < 1.29 is 23.1 Å². The topological polar surface area (TPSA) is 80.5 Å². The van der Waals surface area contributed by atoms with E-state index >= 15 is 0 Å². The van der Waals surface area contributed by atoms with Crippen molar-refractivity contribution >= 4 is 34.6 Å². The molecule has 10 heteroatoms. The van der Waals surface area contributed by atoms with E-state index in [0.29, 0.717) is 26.2 Å². The molecule has 1 aliphatic carbocycles. The number of nitrogens with zero attached hydrogens (tertiary/aromatic N) is 4. The first-order valence-corrected chi connectivity index (χ1v) is 9.47. The van der Waals surface area contributed by atoms with Crippen LogP contribution in [0.5, 0.6) is 5.75 Å². The first kappa shape index (κ1) is 20.1. The molecule has 1 saturated carbocycles. The fourth-order valence-corrected chi connectivity index (χ4v) is 4.32. The minimum Gasteiger partial charge on any atom is -0.508 e. The molecule has 1 aromatic heterocycles. The number of phenols is 1. The number of benzene rings is 1. The number of nitriles is 1. The molecule has 2 aliphatic rings. The standard InChI is InChI=1S/C20H15F3N4O2S/c1-19(22,23)13-7-11(10-25-15(13)9-24)26-17(29)20(5-2-6-20)27(18(26)30)16-4-3-12(28)8-14(16)21/h3-4,7-8,10,28H,2,5-6H2,1H3. The Bertz CT molecular complexity index is 1120. The van der Waals surface area contributed by atoms with Gasteiger partial charge < -0.3 is 10.0 Å². The lowest BCUT2D eigenvalue weighted by atomic mass is 9.75. The highest BCUT2D eigenvalue weighted by molar-refractivity contribution is 7.81. The summed E-state index contributed by atoms with van der Waals surface area (Å²) in [5.74, 6) is -4.88. The van der Waals surface area contributed by atoms with Crippen molar-refractivity contribution in [2.24, 2.45) is 0 Å². The molecule has 0 radical (unpaired) electrons. The Morgan fingerprint density at radius 2 is 2.03 bits per heavy atom. The van der Waals surface area contributed by atoms with E-state index in [2.05, 4.69) is 4.98 Å². The Morgan fingerprint density at radius 3 is 2.57 bits per heavy atom. The highest BCUT2D eigenvalue weighted by Crippen LogP contribution is 2.48. The summed E-state index contributed by atoms with van der Waals surface area (Å²) in [6.07, 6.45) is 2.65. The van der Waals surface area contributed by atoms with E-state index in [1.807, 2.05) is 0 Å². The second kappa shape index (κ2) is 6.67. The molecular formula is C20H15F3N4O2S.